The molecule has 4 aromatic rings. The summed E-state index contributed by atoms with van der Waals surface area (Å²) in [6, 6.07) is 13.5. The molecule has 0 aliphatic rings. The van der Waals surface area contributed by atoms with Gasteiger partial charge in [-0.2, -0.15) is 0 Å². The van der Waals surface area contributed by atoms with E-state index in [1.54, 1.807) is 23.3 Å². The number of halogens is 1. The lowest BCUT2D eigenvalue weighted by Gasteiger charge is -2.04. The number of anilines is 1. The number of rotatable bonds is 3. The van der Waals surface area contributed by atoms with E-state index in [1.165, 1.54) is 0 Å². The molecule has 2 aromatic carbocycles. The topological polar surface area (TPSA) is 62.7 Å². The molecule has 2 aromatic heterocycles. The number of hydrogen-bond donors (Lipinski definition) is 2. The number of imidazole rings is 1. The number of H-pyrrole nitrogens is 1. The summed E-state index contributed by atoms with van der Waals surface area (Å²) in [5.41, 5.74) is 3.89. The van der Waals surface area contributed by atoms with Crippen molar-refractivity contribution in [3.05, 3.63) is 77.5 Å². The van der Waals surface area contributed by atoms with Crippen molar-refractivity contribution in [2.45, 2.75) is 6.92 Å². The fourth-order valence-corrected chi connectivity index (χ4v) is 2.86. The van der Waals surface area contributed by atoms with E-state index in [-0.39, 0.29) is 5.91 Å². The Balaban J connectivity index is 1.59. The molecule has 6 heteroatoms. The number of aromatic amines is 1. The Morgan fingerprint density at radius 1 is 1.24 bits per heavy atom. The molecular weight excluding hydrogens is 336 g/mol. The van der Waals surface area contributed by atoms with E-state index >= 15 is 0 Å². The van der Waals surface area contributed by atoms with Crippen LogP contribution in [0.4, 0.5) is 5.69 Å². The molecule has 25 heavy (non-hydrogen) atoms. The zero-order valence-corrected chi connectivity index (χ0v) is 14.2. The number of fused-ring (bicyclic) bond motifs is 1. The van der Waals surface area contributed by atoms with Gasteiger partial charge in [-0.05, 0) is 30.7 Å². The van der Waals surface area contributed by atoms with E-state index < -0.39 is 0 Å². The molecular formula is C19H15ClN4O. The molecule has 0 radical (unpaired) electrons. The van der Waals surface area contributed by atoms with Crippen LogP contribution in [0.1, 0.15) is 16.1 Å². The molecule has 1 amide bonds. The number of amides is 1. The van der Waals surface area contributed by atoms with Gasteiger partial charge in [0.15, 0.2) is 0 Å². The van der Waals surface area contributed by atoms with Crippen molar-refractivity contribution in [3.63, 3.8) is 0 Å². The fourth-order valence-electron chi connectivity index (χ4n) is 2.68. The third kappa shape index (κ3) is 2.90. The summed E-state index contributed by atoms with van der Waals surface area (Å²) in [4.78, 5) is 19.8. The summed E-state index contributed by atoms with van der Waals surface area (Å²) < 4.78 is 1.77. The predicted octanol–water partition coefficient (Wildman–Crippen LogP) is 4.57. The number of para-hydroxylation sites is 1. The number of nitrogens with zero attached hydrogens (tertiary/aromatic N) is 2. The third-order valence-electron chi connectivity index (χ3n) is 4.11. The maximum Gasteiger partial charge on any atom is 0.275 e. The summed E-state index contributed by atoms with van der Waals surface area (Å²) >= 11 is 6.17. The second-order valence-corrected chi connectivity index (χ2v) is 6.21. The molecule has 0 atom stereocenters. The molecule has 0 bridgehead atoms. The van der Waals surface area contributed by atoms with Crippen LogP contribution in [0, 0.1) is 6.92 Å². The lowest BCUT2D eigenvalue weighted by Crippen LogP contribution is -2.11. The molecule has 0 spiro atoms. The Morgan fingerprint density at radius 3 is 2.92 bits per heavy atom. The van der Waals surface area contributed by atoms with Crippen LogP contribution in [0.25, 0.3) is 16.6 Å². The van der Waals surface area contributed by atoms with Crippen LogP contribution in [-0.4, -0.2) is 20.4 Å². The molecule has 0 unspecified atom stereocenters. The molecule has 0 saturated heterocycles. The van der Waals surface area contributed by atoms with Gasteiger partial charge in [-0.25, -0.2) is 4.98 Å². The Morgan fingerprint density at radius 2 is 2.08 bits per heavy atom. The van der Waals surface area contributed by atoms with E-state index in [0.29, 0.717) is 10.7 Å². The minimum Gasteiger partial charge on any atom is -0.359 e. The Labute approximate surface area is 149 Å². The van der Waals surface area contributed by atoms with Crippen LogP contribution in [0.15, 0.2) is 61.2 Å². The Hall–Kier alpha value is -3.05. The van der Waals surface area contributed by atoms with E-state index in [2.05, 4.69) is 15.3 Å². The summed E-state index contributed by atoms with van der Waals surface area (Å²) in [6.07, 6.45) is 5.07. The van der Waals surface area contributed by atoms with E-state index in [0.717, 1.165) is 27.8 Å². The number of carbonyl (C=O) groups is 1. The van der Waals surface area contributed by atoms with Crippen LogP contribution >= 0.6 is 11.6 Å². The number of nitrogens with one attached hydrogen (secondary N) is 2. The van der Waals surface area contributed by atoms with Crippen molar-refractivity contribution in [2.75, 3.05) is 5.32 Å². The van der Waals surface area contributed by atoms with Crippen molar-refractivity contribution in [2.24, 2.45) is 0 Å². The van der Waals surface area contributed by atoms with Gasteiger partial charge in [0.2, 0.25) is 0 Å². The molecule has 5 nitrogen and oxygen atoms in total. The van der Waals surface area contributed by atoms with Crippen molar-refractivity contribution in [3.8, 4) is 5.69 Å². The lowest BCUT2D eigenvalue weighted by molar-refractivity contribution is 0.102. The van der Waals surface area contributed by atoms with E-state index in [4.69, 9.17) is 11.6 Å². The zero-order chi connectivity index (χ0) is 17.4. The van der Waals surface area contributed by atoms with Gasteiger partial charge in [0.05, 0.1) is 5.69 Å². The highest BCUT2D eigenvalue weighted by Crippen LogP contribution is 2.23. The first-order valence-electron chi connectivity index (χ1n) is 7.80. The molecule has 0 aliphatic heterocycles. The minimum atomic E-state index is -0.262. The number of aryl methyl sites for hydroxylation is 1. The average Bonchev–Trinajstić information content (AvgIpc) is 3.25. The molecule has 124 valence electrons. The second-order valence-electron chi connectivity index (χ2n) is 5.80. The molecule has 4 rings (SSSR count). The highest BCUT2D eigenvalue weighted by molar-refractivity contribution is 6.31. The summed E-state index contributed by atoms with van der Waals surface area (Å²) in [7, 11) is 0. The standard InChI is InChI=1S/C19H15ClN4O/c1-12-6-7-13(8-15(12)20)24-10-18(22-11-24)19(25)23-17-9-21-16-5-3-2-4-14(16)17/h2-11,21H,1H3,(H,23,25). The van der Waals surface area contributed by atoms with Gasteiger partial charge < -0.3 is 14.9 Å². The minimum absolute atomic E-state index is 0.262. The quantitative estimate of drug-likeness (QED) is 0.568. The maximum absolute atomic E-state index is 12.5. The third-order valence-corrected chi connectivity index (χ3v) is 4.51. The normalized spacial score (nSPS) is 11.0. The number of carbonyl (C=O) groups excluding carboxylic acids is 1. The van der Waals surface area contributed by atoms with Crippen molar-refractivity contribution < 1.29 is 4.79 Å². The molecule has 0 aliphatic carbocycles. The SMILES string of the molecule is Cc1ccc(-n2cnc(C(=O)Nc3c[nH]c4ccccc34)c2)cc1Cl. The second kappa shape index (κ2) is 6.11. The van der Waals surface area contributed by atoms with Crippen molar-refractivity contribution in [1.29, 1.82) is 0 Å². The van der Waals surface area contributed by atoms with Gasteiger partial charge in [-0.15, -0.1) is 0 Å². The van der Waals surface area contributed by atoms with Crippen LogP contribution < -0.4 is 5.32 Å². The zero-order valence-electron chi connectivity index (χ0n) is 13.5. The molecule has 0 fully saturated rings. The molecule has 2 N–H and O–H groups in total. The van der Waals surface area contributed by atoms with Gasteiger partial charge >= 0.3 is 0 Å². The van der Waals surface area contributed by atoms with Gasteiger partial charge in [0.25, 0.3) is 5.91 Å². The van der Waals surface area contributed by atoms with Crippen LogP contribution in [-0.2, 0) is 0 Å². The van der Waals surface area contributed by atoms with E-state index in [1.807, 2.05) is 49.4 Å². The van der Waals surface area contributed by atoms with Crippen LogP contribution in [0.5, 0.6) is 0 Å². The van der Waals surface area contributed by atoms with Gasteiger partial charge in [-0.3, -0.25) is 4.79 Å². The summed E-state index contributed by atoms with van der Waals surface area (Å²) in [5, 5.41) is 4.53. The number of hydrogen-bond acceptors (Lipinski definition) is 2. The first kappa shape index (κ1) is 15.5. The molecule has 0 saturated carbocycles. The van der Waals surface area contributed by atoms with Crippen LogP contribution in [0.2, 0.25) is 5.02 Å². The smallest absolute Gasteiger partial charge is 0.275 e. The van der Waals surface area contributed by atoms with Gasteiger partial charge in [0.1, 0.15) is 12.0 Å². The van der Waals surface area contributed by atoms with Gasteiger partial charge in [0, 0.05) is 34.0 Å². The lowest BCUT2D eigenvalue weighted by atomic mass is 10.2. The van der Waals surface area contributed by atoms with Gasteiger partial charge in [-0.1, -0.05) is 35.9 Å². The van der Waals surface area contributed by atoms with Crippen LogP contribution in [0.3, 0.4) is 0 Å². The van der Waals surface area contributed by atoms with Crippen molar-refractivity contribution >= 4 is 34.1 Å². The highest BCUT2D eigenvalue weighted by Gasteiger charge is 2.13. The summed E-state index contributed by atoms with van der Waals surface area (Å²) in [6.45, 7) is 1.94. The largest absolute Gasteiger partial charge is 0.359 e. The Kier molecular flexibility index (Phi) is 3.78. The number of aromatic nitrogens is 3. The molecule has 2 heterocycles. The first-order chi connectivity index (χ1) is 12.1. The summed E-state index contributed by atoms with van der Waals surface area (Å²) in [5.74, 6) is -0.262. The van der Waals surface area contributed by atoms with E-state index in [9.17, 15) is 4.79 Å². The Bertz CT molecular complexity index is 1080. The van der Waals surface area contributed by atoms with Crippen molar-refractivity contribution in [1.82, 2.24) is 14.5 Å². The number of benzene rings is 2. The first-order valence-corrected chi connectivity index (χ1v) is 8.17. The highest BCUT2D eigenvalue weighted by atomic mass is 35.5. The fraction of sp³-hybridized carbons (Fsp3) is 0.0526. The monoisotopic (exact) mass is 350 g/mol. The predicted molar refractivity (Wildman–Crippen MR) is 99.6 cm³/mol. The average molecular weight is 351 g/mol. The maximum atomic E-state index is 12.5.